The monoisotopic (exact) mass is 255 g/mol. The Morgan fingerprint density at radius 3 is 3.00 bits per heavy atom. The molecule has 1 aromatic rings. The van der Waals surface area contributed by atoms with Gasteiger partial charge in [-0.15, -0.1) is 0 Å². The molecule has 0 spiro atoms. The third-order valence-electron chi connectivity index (χ3n) is 2.63. The molecule has 0 amide bonds. The summed E-state index contributed by atoms with van der Waals surface area (Å²) in [6.45, 7) is 1.74. The number of hydrogen-bond acceptors (Lipinski definition) is 8. The average Bonchev–Trinajstić information content (AvgIpc) is 2.46. The number of aliphatic hydroxyl groups is 1. The van der Waals surface area contributed by atoms with E-state index < -0.39 is 0 Å². The van der Waals surface area contributed by atoms with E-state index in [2.05, 4.69) is 20.3 Å². The first-order valence-corrected chi connectivity index (χ1v) is 5.72. The fraction of sp³-hybridized carbons (Fsp3) is 0.700. The van der Waals surface area contributed by atoms with Crippen molar-refractivity contribution in [2.75, 3.05) is 50.7 Å². The van der Waals surface area contributed by atoms with Crippen LogP contribution >= 0.6 is 0 Å². The second-order valence-corrected chi connectivity index (χ2v) is 3.82. The number of nitrogens with zero attached hydrogens (tertiary/aromatic N) is 4. The van der Waals surface area contributed by atoms with Crippen LogP contribution in [0.15, 0.2) is 0 Å². The molecule has 2 heterocycles. The lowest BCUT2D eigenvalue weighted by molar-refractivity contribution is 0.00311. The van der Waals surface area contributed by atoms with Crippen molar-refractivity contribution >= 4 is 11.9 Å². The van der Waals surface area contributed by atoms with Crippen LogP contribution in [-0.4, -0.2) is 66.6 Å². The van der Waals surface area contributed by atoms with Gasteiger partial charge in [0.1, 0.15) is 0 Å². The topological polar surface area (TPSA) is 92.6 Å². The molecule has 0 saturated carbocycles. The van der Waals surface area contributed by atoms with E-state index in [0.29, 0.717) is 31.6 Å². The van der Waals surface area contributed by atoms with Gasteiger partial charge in [-0.3, -0.25) is 0 Å². The first kappa shape index (κ1) is 12.8. The predicted molar refractivity (Wildman–Crippen MR) is 65.0 cm³/mol. The molecule has 1 fully saturated rings. The van der Waals surface area contributed by atoms with Crippen LogP contribution in [0.25, 0.3) is 0 Å². The van der Waals surface area contributed by atoms with E-state index in [4.69, 9.17) is 14.6 Å². The number of morpholine rings is 1. The molecule has 8 heteroatoms. The highest BCUT2D eigenvalue weighted by Gasteiger charge is 2.22. The third-order valence-corrected chi connectivity index (χ3v) is 2.63. The number of methoxy groups -OCH3 is 1. The van der Waals surface area contributed by atoms with Gasteiger partial charge in [-0.2, -0.15) is 15.0 Å². The second kappa shape index (κ2) is 5.78. The summed E-state index contributed by atoms with van der Waals surface area (Å²) in [7, 11) is 3.24. The maximum absolute atomic E-state index is 9.12. The molecule has 0 aliphatic carbocycles. The Labute approximate surface area is 105 Å². The lowest BCUT2D eigenvalue weighted by Gasteiger charge is -2.32. The number of hydrogen-bond donors (Lipinski definition) is 2. The molecule has 0 radical (unpaired) electrons. The van der Waals surface area contributed by atoms with Crippen LogP contribution in [0.1, 0.15) is 0 Å². The van der Waals surface area contributed by atoms with Crippen LogP contribution in [0.4, 0.5) is 11.9 Å². The van der Waals surface area contributed by atoms with Gasteiger partial charge >= 0.3 is 6.01 Å². The zero-order chi connectivity index (χ0) is 13.0. The van der Waals surface area contributed by atoms with Crippen molar-refractivity contribution in [2.24, 2.45) is 0 Å². The van der Waals surface area contributed by atoms with Gasteiger partial charge in [0.2, 0.25) is 11.9 Å². The molecular formula is C10H17N5O3. The van der Waals surface area contributed by atoms with Crippen molar-refractivity contribution in [1.29, 1.82) is 0 Å². The van der Waals surface area contributed by atoms with Crippen LogP contribution < -0.4 is 15.0 Å². The minimum Gasteiger partial charge on any atom is -0.467 e. The number of nitrogens with one attached hydrogen (secondary N) is 1. The summed E-state index contributed by atoms with van der Waals surface area (Å²) in [6.07, 6.45) is -0.209. The molecule has 2 N–H and O–H groups in total. The average molecular weight is 255 g/mol. The minimum atomic E-state index is -0.209. The highest BCUT2D eigenvalue weighted by atomic mass is 16.5. The third kappa shape index (κ3) is 2.77. The maximum atomic E-state index is 9.12. The first-order chi connectivity index (χ1) is 8.76. The van der Waals surface area contributed by atoms with Crippen molar-refractivity contribution in [3.63, 3.8) is 0 Å². The zero-order valence-corrected chi connectivity index (χ0v) is 10.5. The summed E-state index contributed by atoms with van der Waals surface area (Å²) in [5, 5.41) is 12.0. The quantitative estimate of drug-likeness (QED) is 0.716. The summed E-state index contributed by atoms with van der Waals surface area (Å²) in [5.41, 5.74) is 0. The molecule has 2 rings (SSSR count). The zero-order valence-electron chi connectivity index (χ0n) is 10.5. The van der Waals surface area contributed by atoms with Crippen LogP contribution in [0.5, 0.6) is 6.01 Å². The summed E-state index contributed by atoms with van der Waals surface area (Å²) < 4.78 is 10.4. The Morgan fingerprint density at radius 1 is 1.50 bits per heavy atom. The number of rotatable bonds is 4. The van der Waals surface area contributed by atoms with Gasteiger partial charge < -0.3 is 24.8 Å². The highest BCUT2D eigenvalue weighted by Crippen LogP contribution is 2.17. The van der Waals surface area contributed by atoms with Crippen molar-refractivity contribution in [3.05, 3.63) is 0 Å². The van der Waals surface area contributed by atoms with Crippen LogP contribution in [0.2, 0.25) is 0 Å². The number of aromatic nitrogens is 3. The SMILES string of the molecule is CNc1nc(OC)nc(N2CCOC(CO)C2)n1. The van der Waals surface area contributed by atoms with E-state index in [0.717, 1.165) is 0 Å². The summed E-state index contributed by atoms with van der Waals surface area (Å²) in [4.78, 5) is 14.4. The van der Waals surface area contributed by atoms with E-state index in [9.17, 15) is 0 Å². The smallest absolute Gasteiger partial charge is 0.322 e. The van der Waals surface area contributed by atoms with Gasteiger partial charge in [0.15, 0.2) is 0 Å². The Bertz CT molecular complexity index is 381. The number of aliphatic hydroxyl groups excluding tert-OH is 1. The standard InChI is InChI=1S/C10H17N5O3/c1-11-8-12-9(14-10(13-8)17-2)15-3-4-18-7(5-15)6-16/h7,16H,3-6H2,1-2H3,(H,11,12,13,14). The Kier molecular flexibility index (Phi) is 4.11. The normalized spacial score (nSPS) is 19.7. The van der Waals surface area contributed by atoms with E-state index in [-0.39, 0.29) is 18.7 Å². The van der Waals surface area contributed by atoms with Gasteiger partial charge in [-0.1, -0.05) is 0 Å². The molecule has 8 nitrogen and oxygen atoms in total. The summed E-state index contributed by atoms with van der Waals surface area (Å²) in [6, 6.07) is 0.261. The maximum Gasteiger partial charge on any atom is 0.322 e. The lowest BCUT2D eigenvalue weighted by Crippen LogP contribution is -2.44. The summed E-state index contributed by atoms with van der Waals surface area (Å²) in [5.74, 6) is 0.969. The largest absolute Gasteiger partial charge is 0.467 e. The van der Waals surface area contributed by atoms with Gasteiger partial charge in [0, 0.05) is 20.1 Å². The van der Waals surface area contributed by atoms with Crippen molar-refractivity contribution in [2.45, 2.75) is 6.10 Å². The molecule has 0 bridgehead atoms. The molecular weight excluding hydrogens is 238 g/mol. The molecule has 1 aromatic heterocycles. The van der Waals surface area contributed by atoms with Crippen LogP contribution in [0.3, 0.4) is 0 Å². The Morgan fingerprint density at radius 2 is 2.33 bits per heavy atom. The number of ether oxygens (including phenoxy) is 2. The van der Waals surface area contributed by atoms with E-state index in [1.807, 2.05) is 4.90 Å². The fourth-order valence-electron chi connectivity index (χ4n) is 1.70. The lowest BCUT2D eigenvalue weighted by atomic mass is 10.3. The molecule has 0 aromatic carbocycles. The Balaban J connectivity index is 2.20. The van der Waals surface area contributed by atoms with E-state index in [1.165, 1.54) is 7.11 Å². The second-order valence-electron chi connectivity index (χ2n) is 3.82. The van der Waals surface area contributed by atoms with Crippen LogP contribution in [-0.2, 0) is 4.74 Å². The molecule has 18 heavy (non-hydrogen) atoms. The molecule has 100 valence electrons. The molecule has 1 aliphatic rings. The molecule has 1 aliphatic heterocycles. The van der Waals surface area contributed by atoms with E-state index in [1.54, 1.807) is 7.05 Å². The van der Waals surface area contributed by atoms with Crippen molar-refractivity contribution in [1.82, 2.24) is 15.0 Å². The first-order valence-electron chi connectivity index (χ1n) is 5.72. The number of anilines is 2. The molecule has 1 atom stereocenters. The van der Waals surface area contributed by atoms with E-state index >= 15 is 0 Å². The Hall–Kier alpha value is -1.67. The van der Waals surface area contributed by atoms with Gasteiger partial charge in [0.05, 0.1) is 26.4 Å². The van der Waals surface area contributed by atoms with Gasteiger partial charge in [-0.25, -0.2) is 0 Å². The fourth-order valence-corrected chi connectivity index (χ4v) is 1.70. The van der Waals surface area contributed by atoms with Crippen molar-refractivity contribution in [3.8, 4) is 6.01 Å². The predicted octanol–water partition coefficient (Wildman–Crippen LogP) is -0.881. The molecule has 1 saturated heterocycles. The van der Waals surface area contributed by atoms with Gasteiger partial charge in [0.25, 0.3) is 0 Å². The van der Waals surface area contributed by atoms with Gasteiger partial charge in [-0.05, 0) is 0 Å². The van der Waals surface area contributed by atoms with Crippen LogP contribution in [0, 0.1) is 0 Å². The summed E-state index contributed by atoms with van der Waals surface area (Å²) >= 11 is 0. The van der Waals surface area contributed by atoms with Crippen molar-refractivity contribution < 1.29 is 14.6 Å². The highest BCUT2D eigenvalue weighted by molar-refractivity contribution is 5.38. The minimum absolute atomic E-state index is 0.0163. The molecule has 1 unspecified atom stereocenters.